The Morgan fingerprint density at radius 1 is 1.14 bits per heavy atom. The van der Waals surface area contributed by atoms with Gasteiger partial charge in [-0.15, -0.1) is 0 Å². The Hall–Kier alpha value is -1.72. The van der Waals surface area contributed by atoms with Gasteiger partial charge in [0, 0.05) is 5.69 Å². The second kappa shape index (κ2) is 6.37. The van der Waals surface area contributed by atoms with Crippen LogP contribution < -0.4 is 5.32 Å². The first-order chi connectivity index (χ1) is 9.86. The molecule has 5 heteroatoms. The molecule has 0 saturated carbocycles. The van der Waals surface area contributed by atoms with E-state index in [-0.39, 0.29) is 5.88 Å². The van der Waals surface area contributed by atoms with Gasteiger partial charge in [-0.1, -0.05) is 36.4 Å². The quantitative estimate of drug-likeness (QED) is 0.816. The second-order valence-electron chi connectivity index (χ2n) is 5.27. The number of halogens is 1. The Balaban J connectivity index is 2.22. The summed E-state index contributed by atoms with van der Waals surface area (Å²) in [6.45, 7) is 3.06. The molecule has 0 aliphatic heterocycles. The highest BCUT2D eigenvalue weighted by Gasteiger charge is 2.18. The molecule has 0 heterocycles. The van der Waals surface area contributed by atoms with E-state index in [0.29, 0.717) is 5.56 Å². The Labute approximate surface area is 126 Å². The number of nitrogens with one attached hydrogen (secondary N) is 1. The average molecular weight is 307 g/mol. The van der Waals surface area contributed by atoms with Crippen LogP contribution in [0, 0.1) is 0 Å². The predicted molar refractivity (Wildman–Crippen MR) is 85.3 cm³/mol. The molecule has 21 heavy (non-hydrogen) atoms. The average Bonchev–Trinajstić information content (AvgIpc) is 2.45. The third-order valence-electron chi connectivity index (χ3n) is 3.17. The van der Waals surface area contributed by atoms with E-state index in [1.54, 1.807) is 12.1 Å². The number of anilines is 1. The van der Waals surface area contributed by atoms with Crippen LogP contribution in [0.25, 0.3) is 11.1 Å². The summed E-state index contributed by atoms with van der Waals surface area (Å²) in [5.74, 6) is -0.0154. The molecule has 1 unspecified atom stereocenters. The van der Waals surface area contributed by atoms with Crippen LogP contribution in [0.1, 0.15) is 19.4 Å². The van der Waals surface area contributed by atoms with Crippen LogP contribution in [-0.4, -0.2) is 14.6 Å². The van der Waals surface area contributed by atoms with Crippen molar-refractivity contribution < 1.29 is 13.2 Å². The van der Waals surface area contributed by atoms with E-state index in [4.69, 9.17) is 4.55 Å². The smallest absolute Gasteiger partial charge is 0.172 e. The lowest BCUT2D eigenvalue weighted by Crippen LogP contribution is -2.08. The summed E-state index contributed by atoms with van der Waals surface area (Å²) in [6.07, 6.45) is 0. The SMILES string of the molecule is CC(C)(F)c1ccc(-c2cccc(NCS(=O)O)c2)cc1. The molecule has 1 atom stereocenters. The van der Waals surface area contributed by atoms with Gasteiger partial charge in [-0.3, -0.25) is 0 Å². The first-order valence-corrected chi connectivity index (χ1v) is 7.85. The van der Waals surface area contributed by atoms with Crippen LogP contribution >= 0.6 is 0 Å². The molecule has 2 N–H and O–H groups in total. The molecular formula is C16H18FNO2S. The Morgan fingerprint density at radius 3 is 2.38 bits per heavy atom. The second-order valence-corrected chi connectivity index (χ2v) is 6.20. The molecule has 0 spiro atoms. The van der Waals surface area contributed by atoms with Crippen molar-refractivity contribution in [3.8, 4) is 11.1 Å². The van der Waals surface area contributed by atoms with Gasteiger partial charge in [0.05, 0.1) is 0 Å². The van der Waals surface area contributed by atoms with E-state index in [2.05, 4.69) is 5.32 Å². The van der Waals surface area contributed by atoms with Gasteiger partial charge in [0.1, 0.15) is 11.5 Å². The topological polar surface area (TPSA) is 49.3 Å². The van der Waals surface area contributed by atoms with Crippen LogP contribution in [0.15, 0.2) is 48.5 Å². The summed E-state index contributed by atoms with van der Waals surface area (Å²) >= 11 is -1.88. The molecule has 112 valence electrons. The van der Waals surface area contributed by atoms with Crippen LogP contribution in [-0.2, 0) is 16.7 Å². The summed E-state index contributed by atoms with van der Waals surface area (Å²) < 4.78 is 33.3. The molecule has 0 fully saturated rings. The zero-order chi connectivity index (χ0) is 15.5. The van der Waals surface area contributed by atoms with Crippen LogP contribution in [0.5, 0.6) is 0 Å². The van der Waals surface area contributed by atoms with Crippen LogP contribution in [0.2, 0.25) is 0 Å². The van der Waals surface area contributed by atoms with E-state index in [1.807, 2.05) is 36.4 Å². The lowest BCUT2D eigenvalue weighted by molar-refractivity contribution is 0.221. The minimum atomic E-state index is -1.88. The molecule has 2 rings (SSSR count). The summed E-state index contributed by atoms with van der Waals surface area (Å²) in [5, 5.41) is 2.88. The number of hydrogen-bond acceptors (Lipinski definition) is 2. The maximum Gasteiger partial charge on any atom is 0.172 e. The number of benzene rings is 2. The molecule has 2 aromatic rings. The number of hydrogen-bond donors (Lipinski definition) is 2. The summed E-state index contributed by atoms with van der Waals surface area (Å²) in [6, 6.07) is 14.8. The highest BCUT2D eigenvalue weighted by atomic mass is 32.2. The van der Waals surface area contributed by atoms with Crippen molar-refractivity contribution in [1.82, 2.24) is 0 Å². The number of rotatable bonds is 5. The molecule has 0 aromatic heterocycles. The van der Waals surface area contributed by atoms with Gasteiger partial charge in [-0.25, -0.2) is 8.60 Å². The van der Waals surface area contributed by atoms with E-state index >= 15 is 0 Å². The maximum atomic E-state index is 13.8. The Morgan fingerprint density at radius 2 is 1.81 bits per heavy atom. The van der Waals surface area contributed by atoms with Gasteiger partial charge in [0.25, 0.3) is 0 Å². The summed E-state index contributed by atoms with van der Waals surface area (Å²) in [7, 11) is 0. The van der Waals surface area contributed by atoms with Crippen molar-refractivity contribution in [2.24, 2.45) is 0 Å². The van der Waals surface area contributed by atoms with Gasteiger partial charge in [-0.2, -0.15) is 0 Å². The molecule has 2 aromatic carbocycles. The summed E-state index contributed by atoms with van der Waals surface area (Å²) in [5.41, 5.74) is 1.98. The van der Waals surface area contributed by atoms with E-state index in [0.717, 1.165) is 16.8 Å². The Bertz CT molecular complexity index is 635. The van der Waals surface area contributed by atoms with Crippen molar-refractivity contribution in [2.45, 2.75) is 19.5 Å². The molecule has 0 radical (unpaired) electrons. The minimum Gasteiger partial charge on any atom is -0.372 e. The highest BCUT2D eigenvalue weighted by molar-refractivity contribution is 7.79. The first-order valence-electron chi connectivity index (χ1n) is 6.57. The normalized spacial score (nSPS) is 13.0. The van der Waals surface area contributed by atoms with Crippen molar-refractivity contribution in [3.05, 3.63) is 54.1 Å². The zero-order valence-corrected chi connectivity index (χ0v) is 12.8. The van der Waals surface area contributed by atoms with Gasteiger partial charge >= 0.3 is 0 Å². The maximum absolute atomic E-state index is 13.8. The molecule has 0 bridgehead atoms. The van der Waals surface area contributed by atoms with E-state index in [9.17, 15) is 8.60 Å². The number of alkyl halides is 1. The third kappa shape index (κ3) is 4.37. The standard InChI is InChI=1S/C16H18FNO2S/c1-16(2,17)14-8-6-12(7-9-14)13-4-3-5-15(10-13)18-11-21(19)20/h3-10,18H,11H2,1-2H3,(H,19,20). The van der Waals surface area contributed by atoms with E-state index < -0.39 is 16.7 Å². The lowest BCUT2D eigenvalue weighted by atomic mass is 9.97. The van der Waals surface area contributed by atoms with Crippen molar-refractivity contribution in [1.29, 1.82) is 0 Å². The van der Waals surface area contributed by atoms with Crippen molar-refractivity contribution in [2.75, 3.05) is 11.2 Å². The van der Waals surface area contributed by atoms with Crippen molar-refractivity contribution >= 4 is 16.8 Å². The van der Waals surface area contributed by atoms with Gasteiger partial charge < -0.3 is 9.87 Å². The molecule has 0 amide bonds. The van der Waals surface area contributed by atoms with Gasteiger partial charge in [0.15, 0.2) is 11.1 Å². The Kier molecular flexibility index (Phi) is 4.75. The molecule has 0 aliphatic carbocycles. The molecule has 0 saturated heterocycles. The molecule has 0 aliphatic rings. The van der Waals surface area contributed by atoms with Gasteiger partial charge in [-0.05, 0) is 42.7 Å². The van der Waals surface area contributed by atoms with E-state index in [1.165, 1.54) is 13.8 Å². The molecular weight excluding hydrogens is 289 g/mol. The minimum absolute atomic E-state index is 0.0154. The van der Waals surface area contributed by atoms with Crippen LogP contribution in [0.3, 0.4) is 0 Å². The zero-order valence-electron chi connectivity index (χ0n) is 12.0. The van der Waals surface area contributed by atoms with Crippen LogP contribution in [0.4, 0.5) is 10.1 Å². The summed E-state index contributed by atoms with van der Waals surface area (Å²) in [4.78, 5) is 0. The highest BCUT2D eigenvalue weighted by Crippen LogP contribution is 2.28. The largest absolute Gasteiger partial charge is 0.372 e. The molecule has 3 nitrogen and oxygen atoms in total. The van der Waals surface area contributed by atoms with Gasteiger partial charge in [0.2, 0.25) is 0 Å². The fourth-order valence-electron chi connectivity index (χ4n) is 2.01. The first kappa shape index (κ1) is 15.7. The fourth-order valence-corrected chi connectivity index (χ4v) is 2.30. The predicted octanol–water partition coefficient (Wildman–Crippen LogP) is 4.15. The third-order valence-corrected chi connectivity index (χ3v) is 3.56. The van der Waals surface area contributed by atoms with Crippen molar-refractivity contribution in [3.63, 3.8) is 0 Å². The fraction of sp³-hybridized carbons (Fsp3) is 0.250. The monoisotopic (exact) mass is 307 g/mol. The lowest BCUT2D eigenvalue weighted by Gasteiger charge is -2.15.